The van der Waals surface area contributed by atoms with Crippen molar-refractivity contribution < 1.29 is 9.84 Å². The summed E-state index contributed by atoms with van der Waals surface area (Å²) in [5.41, 5.74) is -0.391. The van der Waals surface area contributed by atoms with Crippen molar-refractivity contribution in [2.75, 3.05) is 13.2 Å². The van der Waals surface area contributed by atoms with Gasteiger partial charge in [0.05, 0.1) is 13.2 Å². The fourth-order valence-corrected chi connectivity index (χ4v) is 0.710. The highest BCUT2D eigenvalue weighted by Crippen LogP contribution is 2.20. The van der Waals surface area contributed by atoms with Gasteiger partial charge < -0.3 is 9.84 Å². The van der Waals surface area contributed by atoms with E-state index in [0.29, 0.717) is 13.2 Å². The Morgan fingerprint density at radius 3 is 2.75 bits per heavy atom. The van der Waals surface area contributed by atoms with Gasteiger partial charge in [-0.1, -0.05) is 25.8 Å². The summed E-state index contributed by atoms with van der Waals surface area (Å²) in [5, 5.41) is 9.34. The smallest absolute Gasteiger partial charge is 0.121 e. The first-order valence-electron chi connectivity index (χ1n) is 3.87. The van der Waals surface area contributed by atoms with Crippen LogP contribution in [0.25, 0.3) is 0 Å². The molecule has 2 heteroatoms. The van der Waals surface area contributed by atoms with E-state index >= 15 is 0 Å². The lowest BCUT2D eigenvalue weighted by Gasteiger charge is -2.26. The molecule has 12 heavy (non-hydrogen) atoms. The van der Waals surface area contributed by atoms with Gasteiger partial charge in [0, 0.05) is 5.41 Å². The minimum Gasteiger partial charge on any atom is -0.380 e. The third-order valence-corrected chi connectivity index (χ3v) is 1.61. The van der Waals surface area contributed by atoms with Crippen LogP contribution in [0.1, 0.15) is 13.8 Å². The average Bonchev–Trinajstić information content (AvgIpc) is 2.03. The summed E-state index contributed by atoms with van der Waals surface area (Å²) >= 11 is 0. The van der Waals surface area contributed by atoms with E-state index in [9.17, 15) is 5.11 Å². The standard InChI is InChI=1S/C10H16O2/c1-5-7-12-8-10(3,4)9(11)6-2/h2,5,9,11H,1,7-8H2,3-4H3. The maximum atomic E-state index is 9.34. The number of aliphatic hydroxyl groups is 1. The summed E-state index contributed by atoms with van der Waals surface area (Å²) in [6.07, 6.45) is 5.99. The topological polar surface area (TPSA) is 29.5 Å². The van der Waals surface area contributed by atoms with Gasteiger partial charge in [-0.2, -0.15) is 0 Å². The predicted octanol–water partition coefficient (Wildman–Crippen LogP) is 1.21. The van der Waals surface area contributed by atoms with Crippen LogP contribution in [0.5, 0.6) is 0 Å². The lowest BCUT2D eigenvalue weighted by atomic mass is 9.88. The molecule has 0 spiro atoms. The van der Waals surface area contributed by atoms with E-state index in [-0.39, 0.29) is 0 Å². The van der Waals surface area contributed by atoms with E-state index in [4.69, 9.17) is 11.2 Å². The van der Waals surface area contributed by atoms with Crippen molar-refractivity contribution in [2.24, 2.45) is 5.41 Å². The van der Waals surface area contributed by atoms with Crippen molar-refractivity contribution >= 4 is 0 Å². The van der Waals surface area contributed by atoms with Crippen LogP contribution in [0.3, 0.4) is 0 Å². The van der Waals surface area contributed by atoms with Gasteiger partial charge >= 0.3 is 0 Å². The summed E-state index contributed by atoms with van der Waals surface area (Å²) < 4.78 is 5.20. The Balaban J connectivity index is 3.87. The fourth-order valence-electron chi connectivity index (χ4n) is 0.710. The van der Waals surface area contributed by atoms with Crippen molar-refractivity contribution in [3.8, 4) is 12.3 Å². The molecule has 0 aliphatic heterocycles. The molecule has 0 aliphatic carbocycles. The van der Waals surface area contributed by atoms with Crippen molar-refractivity contribution in [3.63, 3.8) is 0 Å². The zero-order chi connectivity index (χ0) is 9.61. The van der Waals surface area contributed by atoms with Gasteiger partial charge in [0.1, 0.15) is 6.10 Å². The third kappa shape index (κ3) is 3.56. The molecule has 0 saturated heterocycles. The molecule has 1 unspecified atom stereocenters. The summed E-state index contributed by atoms with van der Waals surface area (Å²) in [5.74, 6) is 2.28. The summed E-state index contributed by atoms with van der Waals surface area (Å²) in [7, 11) is 0. The number of hydrogen-bond donors (Lipinski definition) is 1. The first kappa shape index (κ1) is 11.2. The van der Waals surface area contributed by atoms with Crippen molar-refractivity contribution in [2.45, 2.75) is 20.0 Å². The second-order valence-corrected chi connectivity index (χ2v) is 3.36. The molecule has 0 radical (unpaired) electrons. The van der Waals surface area contributed by atoms with Gasteiger partial charge in [0.15, 0.2) is 0 Å². The Morgan fingerprint density at radius 2 is 2.33 bits per heavy atom. The Bertz CT molecular complexity index is 177. The second kappa shape index (κ2) is 4.97. The summed E-state index contributed by atoms with van der Waals surface area (Å²) in [6.45, 7) is 8.16. The number of aliphatic hydroxyl groups excluding tert-OH is 1. The highest BCUT2D eigenvalue weighted by Gasteiger charge is 2.26. The molecule has 0 aromatic rings. The molecule has 0 saturated carbocycles. The van der Waals surface area contributed by atoms with Gasteiger partial charge in [-0.25, -0.2) is 0 Å². The zero-order valence-electron chi connectivity index (χ0n) is 7.71. The minimum atomic E-state index is -0.762. The minimum absolute atomic E-state index is 0.391. The third-order valence-electron chi connectivity index (χ3n) is 1.61. The summed E-state index contributed by atoms with van der Waals surface area (Å²) in [4.78, 5) is 0. The number of terminal acetylenes is 1. The van der Waals surface area contributed by atoms with Crippen LogP contribution in [0.2, 0.25) is 0 Å². The molecule has 1 atom stereocenters. The highest BCUT2D eigenvalue weighted by molar-refractivity contribution is 5.00. The van der Waals surface area contributed by atoms with Crippen LogP contribution in [-0.4, -0.2) is 24.4 Å². The SMILES string of the molecule is C#CC(O)C(C)(C)COCC=C. The molecule has 2 nitrogen and oxygen atoms in total. The van der Waals surface area contributed by atoms with E-state index in [1.54, 1.807) is 6.08 Å². The number of ether oxygens (including phenoxy) is 1. The van der Waals surface area contributed by atoms with Crippen LogP contribution in [-0.2, 0) is 4.74 Å². The van der Waals surface area contributed by atoms with E-state index in [1.165, 1.54) is 0 Å². The highest BCUT2D eigenvalue weighted by atomic mass is 16.5. The van der Waals surface area contributed by atoms with Gasteiger partial charge in [-0.15, -0.1) is 13.0 Å². The van der Waals surface area contributed by atoms with Crippen LogP contribution in [0, 0.1) is 17.8 Å². The normalized spacial score (nSPS) is 13.5. The van der Waals surface area contributed by atoms with E-state index in [2.05, 4.69) is 12.5 Å². The molecular formula is C10H16O2. The zero-order valence-corrected chi connectivity index (χ0v) is 7.71. The molecule has 68 valence electrons. The maximum absolute atomic E-state index is 9.34. The average molecular weight is 168 g/mol. The molecule has 0 aromatic carbocycles. The van der Waals surface area contributed by atoms with E-state index in [0.717, 1.165) is 0 Å². The van der Waals surface area contributed by atoms with Gasteiger partial charge in [-0.05, 0) is 0 Å². The monoisotopic (exact) mass is 168 g/mol. The molecule has 0 rings (SSSR count). The first-order valence-corrected chi connectivity index (χ1v) is 3.87. The summed E-state index contributed by atoms with van der Waals surface area (Å²) in [6, 6.07) is 0. The van der Waals surface area contributed by atoms with E-state index < -0.39 is 11.5 Å². The van der Waals surface area contributed by atoms with Crippen molar-refractivity contribution in [3.05, 3.63) is 12.7 Å². The molecule has 0 heterocycles. The van der Waals surface area contributed by atoms with Crippen LogP contribution in [0.4, 0.5) is 0 Å². The molecular weight excluding hydrogens is 152 g/mol. The van der Waals surface area contributed by atoms with Crippen LogP contribution in [0.15, 0.2) is 12.7 Å². The fraction of sp³-hybridized carbons (Fsp3) is 0.600. The Morgan fingerprint density at radius 1 is 1.75 bits per heavy atom. The van der Waals surface area contributed by atoms with Gasteiger partial charge in [0.2, 0.25) is 0 Å². The van der Waals surface area contributed by atoms with Crippen LogP contribution < -0.4 is 0 Å². The molecule has 0 amide bonds. The lowest BCUT2D eigenvalue weighted by molar-refractivity contribution is 0.0112. The number of hydrogen-bond acceptors (Lipinski definition) is 2. The quantitative estimate of drug-likeness (QED) is 0.380. The molecule has 0 bridgehead atoms. The first-order chi connectivity index (χ1) is 5.54. The van der Waals surface area contributed by atoms with Crippen molar-refractivity contribution in [1.29, 1.82) is 0 Å². The van der Waals surface area contributed by atoms with Gasteiger partial charge in [-0.3, -0.25) is 0 Å². The predicted molar refractivity (Wildman–Crippen MR) is 49.6 cm³/mol. The molecule has 0 aromatic heterocycles. The molecule has 0 fully saturated rings. The Labute approximate surface area is 74.2 Å². The van der Waals surface area contributed by atoms with Crippen LogP contribution >= 0.6 is 0 Å². The lowest BCUT2D eigenvalue weighted by Crippen LogP contribution is -2.32. The number of rotatable bonds is 5. The maximum Gasteiger partial charge on any atom is 0.121 e. The van der Waals surface area contributed by atoms with Crippen molar-refractivity contribution in [1.82, 2.24) is 0 Å². The Hall–Kier alpha value is -0.780. The van der Waals surface area contributed by atoms with Gasteiger partial charge in [0.25, 0.3) is 0 Å². The van der Waals surface area contributed by atoms with E-state index in [1.807, 2.05) is 13.8 Å². The second-order valence-electron chi connectivity index (χ2n) is 3.36. The molecule has 0 aliphatic rings. The Kier molecular flexibility index (Phi) is 4.65. The largest absolute Gasteiger partial charge is 0.380 e. The molecule has 1 N–H and O–H groups in total.